The van der Waals surface area contributed by atoms with Gasteiger partial charge in [0.2, 0.25) is 5.91 Å². The van der Waals surface area contributed by atoms with Crippen LogP contribution in [0.4, 0.5) is 10.2 Å². The molecule has 4 aromatic rings. The van der Waals surface area contributed by atoms with E-state index in [1.807, 2.05) is 30.3 Å². The van der Waals surface area contributed by atoms with Gasteiger partial charge in [-0.3, -0.25) is 9.78 Å². The Morgan fingerprint density at radius 1 is 1.10 bits per heavy atom. The molecule has 3 aliphatic heterocycles. The van der Waals surface area contributed by atoms with Crippen LogP contribution in [0, 0.1) is 11.7 Å². The molecular weight excluding hydrogens is 519 g/mol. The van der Waals surface area contributed by atoms with Crippen LogP contribution in [-0.2, 0) is 4.79 Å². The molecule has 1 amide bonds. The molecule has 3 saturated heterocycles. The van der Waals surface area contributed by atoms with Gasteiger partial charge in [0.15, 0.2) is 5.82 Å². The molecule has 7 rings (SSSR count). The lowest BCUT2D eigenvalue weighted by Gasteiger charge is -2.34. The van der Waals surface area contributed by atoms with Crippen LogP contribution < -0.4 is 15.0 Å². The number of rotatable bonds is 5. The predicted octanol–water partition coefficient (Wildman–Crippen LogP) is 4.44. The molecule has 0 saturated carbocycles. The zero-order chi connectivity index (χ0) is 26.7. The number of carbonyl (C=O) groups excluding carboxylic acids is 1. The molecule has 2 aromatic carbocycles. The van der Waals surface area contributed by atoms with Gasteiger partial charge in [-0.05, 0) is 24.3 Å². The van der Waals surface area contributed by atoms with E-state index >= 15 is 4.39 Å². The van der Waals surface area contributed by atoms with E-state index < -0.39 is 5.82 Å². The first-order chi connectivity index (χ1) is 18.9. The third-order valence-electron chi connectivity index (χ3n) is 8.14. The van der Waals surface area contributed by atoms with Crippen molar-refractivity contribution >= 4 is 45.0 Å². The van der Waals surface area contributed by atoms with Crippen LogP contribution in [0.3, 0.4) is 0 Å². The average Bonchev–Trinajstić information content (AvgIpc) is 3.45. The third-order valence-corrected chi connectivity index (χ3v) is 8.45. The van der Waals surface area contributed by atoms with Crippen LogP contribution in [0.1, 0.15) is 19.3 Å². The monoisotopic (exact) mass is 546 g/mol. The summed E-state index contributed by atoms with van der Waals surface area (Å²) in [5.74, 6) is 0.218. The van der Waals surface area contributed by atoms with Gasteiger partial charge >= 0.3 is 6.01 Å². The molecule has 1 unspecified atom stereocenters. The summed E-state index contributed by atoms with van der Waals surface area (Å²) in [6.07, 6.45) is 4.30. The third kappa shape index (κ3) is 4.33. The van der Waals surface area contributed by atoms with Gasteiger partial charge < -0.3 is 19.9 Å². The number of nitrogens with one attached hydrogen (secondary N) is 1. The van der Waals surface area contributed by atoms with Crippen molar-refractivity contribution in [3.05, 3.63) is 53.4 Å². The Morgan fingerprint density at radius 2 is 1.87 bits per heavy atom. The number of hydrogen-bond acceptors (Lipinski definition) is 7. The fraction of sp³-hybridized carbons (Fsp3) is 0.379. The van der Waals surface area contributed by atoms with Gasteiger partial charge in [-0.25, -0.2) is 4.39 Å². The highest BCUT2D eigenvalue weighted by molar-refractivity contribution is 6.36. The minimum Gasteiger partial charge on any atom is -0.463 e. The van der Waals surface area contributed by atoms with Crippen molar-refractivity contribution in [1.29, 1.82) is 0 Å². The Labute approximate surface area is 230 Å². The van der Waals surface area contributed by atoms with Crippen LogP contribution in [-0.4, -0.2) is 71.1 Å². The summed E-state index contributed by atoms with van der Waals surface area (Å²) in [6, 6.07) is 12.1. The largest absolute Gasteiger partial charge is 0.463 e. The maximum atomic E-state index is 16.4. The van der Waals surface area contributed by atoms with E-state index in [1.165, 1.54) is 0 Å². The normalized spacial score (nSPS) is 22.8. The van der Waals surface area contributed by atoms with Gasteiger partial charge in [0, 0.05) is 73.3 Å². The first-order valence-electron chi connectivity index (χ1n) is 13.4. The minimum atomic E-state index is -0.540. The number of amides is 1. The molecule has 8 nitrogen and oxygen atoms in total. The second kappa shape index (κ2) is 9.57. The van der Waals surface area contributed by atoms with Crippen molar-refractivity contribution in [2.45, 2.75) is 31.3 Å². The van der Waals surface area contributed by atoms with Gasteiger partial charge in [-0.1, -0.05) is 41.9 Å². The van der Waals surface area contributed by atoms with Crippen molar-refractivity contribution < 1.29 is 13.9 Å². The Balaban J connectivity index is 1.34. The van der Waals surface area contributed by atoms with E-state index in [1.54, 1.807) is 24.2 Å². The Morgan fingerprint density at radius 3 is 2.62 bits per heavy atom. The topological polar surface area (TPSA) is 83.5 Å². The molecule has 39 heavy (non-hydrogen) atoms. The first-order valence-corrected chi connectivity index (χ1v) is 13.7. The predicted molar refractivity (Wildman–Crippen MR) is 149 cm³/mol. The summed E-state index contributed by atoms with van der Waals surface area (Å²) < 4.78 is 22.5. The second-order valence-corrected chi connectivity index (χ2v) is 11.3. The van der Waals surface area contributed by atoms with E-state index in [0.29, 0.717) is 46.8 Å². The number of aromatic nitrogens is 3. The lowest BCUT2D eigenvalue weighted by Crippen LogP contribution is -2.51. The number of fused-ring (bicyclic) bond motifs is 4. The van der Waals surface area contributed by atoms with E-state index in [0.717, 1.165) is 36.7 Å². The molecule has 10 heteroatoms. The number of benzene rings is 2. The molecule has 3 aliphatic rings. The van der Waals surface area contributed by atoms with Gasteiger partial charge in [0.25, 0.3) is 0 Å². The number of nitrogens with zero attached hydrogens (tertiary/aromatic N) is 5. The maximum absolute atomic E-state index is 16.4. The summed E-state index contributed by atoms with van der Waals surface area (Å²) in [5.41, 5.74) is 0.947. The fourth-order valence-electron chi connectivity index (χ4n) is 6.24. The molecule has 3 fully saturated rings. The lowest BCUT2D eigenvalue weighted by atomic mass is 10.0. The van der Waals surface area contributed by atoms with E-state index in [-0.39, 0.29) is 35.7 Å². The Kier molecular flexibility index (Phi) is 6.01. The SMILES string of the molecule is CN1CC(COc2nc(N3C[C@H]4CC[C@@H](C3)N4)c3cnc(-c4cccc5cccc(Cl)c45)c(F)c3n2)CC1=O. The number of carbonyl (C=O) groups is 1. The maximum Gasteiger partial charge on any atom is 0.319 e. The van der Waals surface area contributed by atoms with Crippen LogP contribution in [0.15, 0.2) is 42.6 Å². The van der Waals surface area contributed by atoms with E-state index in [4.69, 9.17) is 21.3 Å². The Bertz CT molecular complexity index is 1600. The zero-order valence-electron chi connectivity index (χ0n) is 21.5. The number of halogens is 2. The highest BCUT2D eigenvalue weighted by Gasteiger charge is 2.34. The van der Waals surface area contributed by atoms with Crippen molar-refractivity contribution in [2.75, 3.05) is 38.2 Å². The molecule has 0 spiro atoms. The highest BCUT2D eigenvalue weighted by Crippen LogP contribution is 2.38. The lowest BCUT2D eigenvalue weighted by molar-refractivity contribution is -0.126. The van der Waals surface area contributed by atoms with Crippen LogP contribution in [0.25, 0.3) is 32.9 Å². The summed E-state index contributed by atoms with van der Waals surface area (Å²) >= 11 is 6.56. The van der Waals surface area contributed by atoms with Crippen molar-refractivity contribution in [1.82, 2.24) is 25.2 Å². The van der Waals surface area contributed by atoms with Crippen LogP contribution in [0.2, 0.25) is 5.02 Å². The molecular formula is C29H28ClFN6O2. The second-order valence-electron chi connectivity index (χ2n) is 10.9. The number of pyridine rings is 1. The van der Waals surface area contributed by atoms with Gasteiger partial charge in [0.1, 0.15) is 17.0 Å². The standard InChI is InChI=1S/C29H28ClFN6O2/c1-36-12-16(10-23(36)38)15-39-29-34-27-21(28(35-29)37-13-18-8-9-19(14-37)33-18)11-32-26(25(27)31)20-6-2-4-17-5-3-7-22(30)24(17)20/h2-7,11,16,18-19,33H,8-10,12-15H2,1H3/t16?,18-,19+. The Hall–Kier alpha value is -3.56. The minimum absolute atomic E-state index is 0.0379. The number of piperazine rings is 1. The molecule has 5 heterocycles. The van der Waals surface area contributed by atoms with Gasteiger partial charge in [-0.2, -0.15) is 9.97 Å². The van der Waals surface area contributed by atoms with Crippen molar-refractivity contribution in [3.63, 3.8) is 0 Å². The molecule has 0 aliphatic carbocycles. The van der Waals surface area contributed by atoms with Gasteiger partial charge in [-0.15, -0.1) is 0 Å². The smallest absolute Gasteiger partial charge is 0.319 e. The molecule has 1 N–H and O–H groups in total. The molecule has 2 bridgehead atoms. The van der Waals surface area contributed by atoms with E-state index in [2.05, 4.69) is 20.2 Å². The highest BCUT2D eigenvalue weighted by atomic mass is 35.5. The molecule has 3 atom stereocenters. The summed E-state index contributed by atoms with van der Waals surface area (Å²) in [6.45, 7) is 2.44. The molecule has 0 radical (unpaired) electrons. The fourth-order valence-corrected chi connectivity index (χ4v) is 6.52. The van der Waals surface area contributed by atoms with Crippen LogP contribution in [0.5, 0.6) is 6.01 Å². The summed E-state index contributed by atoms with van der Waals surface area (Å²) in [5, 5.41) is 6.36. The van der Waals surface area contributed by atoms with E-state index in [9.17, 15) is 4.79 Å². The van der Waals surface area contributed by atoms with Crippen molar-refractivity contribution in [3.8, 4) is 17.3 Å². The van der Waals surface area contributed by atoms with Crippen molar-refractivity contribution in [2.24, 2.45) is 5.92 Å². The summed E-state index contributed by atoms with van der Waals surface area (Å²) in [7, 11) is 1.79. The molecule has 200 valence electrons. The number of ether oxygens (including phenoxy) is 1. The number of anilines is 1. The number of likely N-dealkylation sites (tertiary alicyclic amines) is 1. The zero-order valence-corrected chi connectivity index (χ0v) is 22.3. The average molecular weight is 547 g/mol. The molecule has 2 aromatic heterocycles. The summed E-state index contributed by atoms with van der Waals surface area (Å²) in [4.78, 5) is 29.8. The first kappa shape index (κ1) is 24.5. The van der Waals surface area contributed by atoms with Gasteiger partial charge in [0.05, 0.1) is 12.0 Å². The number of hydrogen-bond donors (Lipinski definition) is 1. The quantitative estimate of drug-likeness (QED) is 0.396. The van der Waals surface area contributed by atoms with Crippen LogP contribution >= 0.6 is 11.6 Å².